The predicted molar refractivity (Wildman–Crippen MR) is 278 cm³/mol. The van der Waals surface area contributed by atoms with E-state index in [2.05, 4.69) is 60.2 Å². The number of anilines is 4. The third-order valence-electron chi connectivity index (χ3n) is 8.67. The van der Waals surface area contributed by atoms with Gasteiger partial charge in [-0.15, -0.1) is 0 Å². The maximum atomic E-state index is 13.4. The van der Waals surface area contributed by atoms with Crippen LogP contribution in [0, 0.1) is 11.6 Å². The molecule has 5 rings (SSSR count). The number of amidine groups is 1. The number of thiazole rings is 1. The van der Waals surface area contributed by atoms with Gasteiger partial charge in [0.15, 0.2) is 21.2 Å². The van der Waals surface area contributed by atoms with Crippen molar-refractivity contribution < 1.29 is 27.8 Å². The van der Waals surface area contributed by atoms with Crippen molar-refractivity contribution in [1.29, 1.82) is 0 Å². The summed E-state index contributed by atoms with van der Waals surface area (Å²) in [6.07, 6.45) is 0. The molecule has 0 aliphatic rings. The SMILES string of the molecule is C.CC(COc1ccc(Nc2nc(N)c(C(=O)c3cccc(F)c3)s2)cc1)N(C)C.CCSC(N)=NC(=S)Nc1ccc(OCC(C)N(C)C)cc1.O=C(CBr)c1cccc(F)c1.P. The first kappa shape index (κ1) is 57.5. The number of thioether (sulfide) groups is 1. The highest BCUT2D eigenvalue weighted by molar-refractivity contribution is 9.09. The molecule has 1 aromatic heterocycles. The molecule has 1 heterocycles. The Morgan fingerprint density at radius 1 is 0.859 bits per heavy atom. The van der Waals surface area contributed by atoms with Crippen LogP contribution < -0.4 is 31.6 Å². The Bertz CT molecular complexity index is 2240. The van der Waals surface area contributed by atoms with Gasteiger partial charge in [0.2, 0.25) is 5.78 Å². The number of nitrogens with zero attached hydrogens (tertiary/aromatic N) is 4. The van der Waals surface area contributed by atoms with Gasteiger partial charge in [0, 0.05) is 34.6 Å². The molecule has 64 heavy (non-hydrogen) atoms. The normalized spacial score (nSPS) is 11.6. The molecule has 0 aliphatic heterocycles. The van der Waals surface area contributed by atoms with Gasteiger partial charge in [-0.2, -0.15) is 14.9 Å². The van der Waals surface area contributed by atoms with E-state index in [4.69, 9.17) is 33.2 Å². The summed E-state index contributed by atoms with van der Waals surface area (Å²) in [6, 6.07) is 26.9. The standard InChI is InChI=1S/C21H23FN4O2S.C15H24N4OS2.C8H6BrFO.CH4.H3P/c1-13(26(2)3)12-28-17-9-7-16(8-10-17)24-21-25-20(23)19(29-21)18(27)14-5-4-6-15(22)11-14;1-5-22-14(16)18-15(21)17-12-6-8-13(9-7-12)20-10-11(2)19(3)4;9-5-8(11)6-2-1-3-7(10)4-6;;/h4-11,13H,12,23H2,1-3H3,(H,24,25);6-9,11H,5,10H2,1-4H3,(H3,16,17,18,21);1-4H,5H2;1H4;1H3. The van der Waals surface area contributed by atoms with Crippen LogP contribution in [0.2, 0.25) is 0 Å². The highest BCUT2D eigenvalue weighted by atomic mass is 79.9. The summed E-state index contributed by atoms with van der Waals surface area (Å²) in [5.41, 5.74) is 13.9. The molecular formula is C45H60BrF2N8O4PS3. The number of hydrogen-bond acceptors (Lipinski definition) is 12. The number of likely N-dealkylation sites (N-methyl/N-ethyl adjacent to an activating group) is 2. The van der Waals surface area contributed by atoms with Gasteiger partial charge >= 0.3 is 0 Å². The number of carbonyl (C=O) groups is 2. The van der Waals surface area contributed by atoms with Crippen molar-refractivity contribution in [2.24, 2.45) is 10.7 Å². The van der Waals surface area contributed by atoms with E-state index in [1.807, 2.05) is 83.6 Å². The molecular weight excluding hydrogens is 962 g/mol. The molecule has 6 N–H and O–H groups in total. The molecule has 0 fully saturated rings. The van der Waals surface area contributed by atoms with Crippen LogP contribution in [0.25, 0.3) is 0 Å². The lowest BCUT2D eigenvalue weighted by molar-refractivity contribution is 0.102. The Labute approximate surface area is 401 Å². The van der Waals surface area contributed by atoms with Crippen molar-refractivity contribution in [3.63, 3.8) is 0 Å². The molecule has 0 bridgehead atoms. The highest BCUT2D eigenvalue weighted by Gasteiger charge is 2.19. The number of carbonyl (C=O) groups excluding carboxylic acids is 2. The minimum atomic E-state index is -0.473. The Hall–Kier alpha value is -4.55. The number of nitrogens with two attached hydrogens (primary N) is 2. The molecule has 4 aromatic carbocycles. The van der Waals surface area contributed by atoms with Crippen LogP contribution in [0.5, 0.6) is 11.5 Å². The first-order valence-corrected chi connectivity index (χ1v) is 22.6. The van der Waals surface area contributed by atoms with Gasteiger partial charge in [-0.3, -0.25) is 9.59 Å². The maximum absolute atomic E-state index is 13.4. The van der Waals surface area contributed by atoms with Gasteiger partial charge in [0.25, 0.3) is 0 Å². The summed E-state index contributed by atoms with van der Waals surface area (Å²) < 4.78 is 37.4. The Balaban J connectivity index is 0.000000517. The number of alkyl halides is 1. The van der Waals surface area contributed by atoms with Crippen LogP contribution in [0.4, 0.5) is 31.1 Å². The van der Waals surface area contributed by atoms with Crippen molar-refractivity contribution in [3.05, 3.63) is 125 Å². The van der Waals surface area contributed by atoms with Crippen molar-refractivity contribution >= 4 is 105 Å². The fraction of sp³-hybridized carbons (Fsp3) is 0.311. The number of thiocarbonyl (C=S) groups is 1. The second-order valence-corrected chi connectivity index (χ2v) is 17.1. The van der Waals surface area contributed by atoms with Crippen molar-refractivity contribution in [1.82, 2.24) is 14.8 Å². The fourth-order valence-corrected chi connectivity index (χ4v) is 6.52. The van der Waals surface area contributed by atoms with E-state index in [1.54, 1.807) is 12.1 Å². The lowest BCUT2D eigenvalue weighted by atomic mass is 10.1. The second kappa shape index (κ2) is 29.8. The first-order chi connectivity index (χ1) is 29.5. The van der Waals surface area contributed by atoms with Crippen LogP contribution in [-0.2, 0) is 0 Å². The quantitative estimate of drug-likeness (QED) is 0.0185. The van der Waals surface area contributed by atoms with Crippen LogP contribution in [0.3, 0.4) is 0 Å². The molecule has 0 spiro atoms. The van der Waals surface area contributed by atoms with E-state index in [0.717, 1.165) is 40.0 Å². The van der Waals surface area contributed by atoms with Crippen LogP contribution in [0.1, 0.15) is 53.8 Å². The van der Waals surface area contributed by atoms with Gasteiger partial charge < -0.3 is 41.4 Å². The number of Topliss-reactive ketones (excluding diaryl/α,β-unsaturated/α-hetero) is 1. The van der Waals surface area contributed by atoms with Crippen molar-refractivity contribution in [3.8, 4) is 11.5 Å². The number of ether oxygens (including phenoxy) is 2. The average Bonchev–Trinajstić information content (AvgIpc) is 3.61. The molecule has 12 nitrogen and oxygen atoms in total. The molecule has 19 heteroatoms. The van der Waals surface area contributed by atoms with E-state index < -0.39 is 5.82 Å². The number of aliphatic imine (C=N–C) groups is 1. The van der Waals surface area contributed by atoms with Gasteiger partial charge in [0.05, 0.1) is 5.33 Å². The summed E-state index contributed by atoms with van der Waals surface area (Å²) in [4.78, 5) is 36.3. The molecule has 0 amide bonds. The Morgan fingerprint density at radius 3 is 1.81 bits per heavy atom. The monoisotopic (exact) mass is 1020 g/mol. The molecule has 0 saturated heterocycles. The number of benzene rings is 4. The lowest BCUT2D eigenvalue weighted by Crippen LogP contribution is -2.30. The summed E-state index contributed by atoms with van der Waals surface area (Å²) >= 11 is 10.7. The topological polar surface area (TPSA) is 160 Å². The van der Waals surface area contributed by atoms with E-state index in [0.29, 0.717) is 46.3 Å². The Kier molecular flexibility index (Phi) is 26.8. The van der Waals surface area contributed by atoms with Crippen molar-refractivity contribution in [2.45, 2.75) is 40.3 Å². The van der Waals surface area contributed by atoms with Crippen molar-refractivity contribution in [2.75, 3.05) is 68.9 Å². The largest absolute Gasteiger partial charge is 0.492 e. The van der Waals surface area contributed by atoms with Gasteiger partial charge in [0.1, 0.15) is 47.0 Å². The molecule has 348 valence electrons. The number of ketones is 2. The van der Waals surface area contributed by atoms with Crippen LogP contribution in [-0.4, -0.2) is 101 Å². The molecule has 5 aromatic rings. The van der Waals surface area contributed by atoms with Crippen LogP contribution >= 0.6 is 61.1 Å². The fourth-order valence-electron chi connectivity index (χ4n) is 4.60. The molecule has 0 saturated carbocycles. The minimum Gasteiger partial charge on any atom is -0.492 e. The zero-order chi connectivity index (χ0) is 45.8. The predicted octanol–water partition coefficient (Wildman–Crippen LogP) is 10.0. The number of aromatic nitrogens is 1. The van der Waals surface area contributed by atoms with E-state index in [1.165, 1.54) is 48.2 Å². The second-order valence-electron chi connectivity index (χ2n) is 13.9. The van der Waals surface area contributed by atoms with Gasteiger partial charge in [-0.25, -0.2) is 13.8 Å². The number of hydrogen-bond donors (Lipinski definition) is 4. The van der Waals surface area contributed by atoms with E-state index in [9.17, 15) is 18.4 Å². The summed E-state index contributed by atoms with van der Waals surface area (Å²) in [7, 11) is 8.08. The van der Waals surface area contributed by atoms with Gasteiger partial charge in [-0.05, 0) is 133 Å². The van der Waals surface area contributed by atoms with E-state index >= 15 is 0 Å². The smallest absolute Gasteiger partial charge is 0.206 e. The highest BCUT2D eigenvalue weighted by Crippen LogP contribution is 2.30. The molecule has 0 aliphatic carbocycles. The summed E-state index contributed by atoms with van der Waals surface area (Å²) in [5.74, 6) is 1.27. The van der Waals surface area contributed by atoms with E-state index in [-0.39, 0.29) is 56.3 Å². The Morgan fingerprint density at radius 2 is 1.34 bits per heavy atom. The maximum Gasteiger partial charge on any atom is 0.206 e. The molecule has 3 atom stereocenters. The number of nitrogens with one attached hydrogen (secondary N) is 2. The zero-order valence-corrected chi connectivity index (χ0v) is 41.8. The summed E-state index contributed by atoms with van der Waals surface area (Å²) in [5, 5.41) is 7.70. The van der Waals surface area contributed by atoms with Crippen LogP contribution in [0.15, 0.2) is 102 Å². The number of rotatable bonds is 16. The molecule has 0 radical (unpaired) electrons. The number of halogens is 3. The third kappa shape index (κ3) is 20.5. The number of nitrogen functional groups attached to an aromatic ring is 1. The van der Waals surface area contributed by atoms with Gasteiger partial charge in [-0.1, -0.05) is 77.6 Å². The first-order valence-electron chi connectivity index (χ1n) is 19.2. The average molecular weight is 1020 g/mol. The summed E-state index contributed by atoms with van der Waals surface area (Å²) in [6.45, 7) is 7.46. The molecule has 3 unspecified atom stereocenters. The zero-order valence-electron chi connectivity index (χ0n) is 36.4. The lowest BCUT2D eigenvalue weighted by Gasteiger charge is -2.20. The third-order valence-corrected chi connectivity index (χ3v) is 11.0. The minimum absolute atomic E-state index is 0.